The van der Waals surface area contributed by atoms with Gasteiger partial charge in [-0.2, -0.15) is 0 Å². The van der Waals surface area contributed by atoms with E-state index in [1.807, 2.05) is 0 Å². The second-order valence-electron chi connectivity index (χ2n) is 28.9. The minimum absolute atomic E-state index is 0.872. The van der Waals surface area contributed by atoms with Crippen LogP contribution in [0.4, 0.5) is 0 Å². The molecule has 0 saturated heterocycles. The highest BCUT2D eigenvalue weighted by Gasteiger charge is 2.30. The summed E-state index contributed by atoms with van der Waals surface area (Å²) < 4.78 is 0. The Bertz CT molecular complexity index is 6950. The molecular formula is C99H67N5. The normalized spacial score (nSPS) is 12.7. The summed E-state index contributed by atoms with van der Waals surface area (Å²) in [5, 5.41) is 25.8. The first-order valence-electron chi connectivity index (χ1n) is 36.4. The zero-order chi connectivity index (χ0) is 69.0. The van der Waals surface area contributed by atoms with Crippen molar-refractivity contribution in [2.45, 2.75) is 53.4 Å². The number of pyridine rings is 5. The molecule has 488 valence electrons. The first-order valence-corrected chi connectivity index (χ1v) is 36.4. The highest BCUT2D eigenvalue weighted by atomic mass is 14.8. The molecular weight excluding hydrogens is 1260 g/mol. The van der Waals surface area contributed by atoms with Crippen LogP contribution in [0.1, 0.15) is 67.3 Å². The maximum Gasteiger partial charge on any atom is 0.0790 e. The molecule has 0 N–H and O–H groups in total. The molecule has 4 aliphatic rings. The van der Waals surface area contributed by atoms with Crippen molar-refractivity contribution in [2.24, 2.45) is 0 Å². The van der Waals surface area contributed by atoms with Gasteiger partial charge in [0.1, 0.15) is 0 Å². The average Bonchev–Trinajstić information content (AvgIpc) is 1.56. The van der Waals surface area contributed by atoms with Crippen molar-refractivity contribution >= 4 is 130 Å². The van der Waals surface area contributed by atoms with E-state index in [1.165, 1.54) is 203 Å². The van der Waals surface area contributed by atoms with Gasteiger partial charge in [0.25, 0.3) is 0 Å². The Kier molecular flexibility index (Phi) is 13.5. The zero-order valence-electron chi connectivity index (χ0n) is 58.2. The van der Waals surface area contributed by atoms with Crippen LogP contribution in [0.2, 0.25) is 0 Å². The van der Waals surface area contributed by atoms with Crippen LogP contribution in [-0.4, -0.2) is 24.9 Å². The molecule has 104 heavy (non-hydrogen) atoms. The Hall–Kier alpha value is -12.8. The van der Waals surface area contributed by atoms with Gasteiger partial charge in [0.05, 0.1) is 39.1 Å². The van der Waals surface area contributed by atoms with Gasteiger partial charge in [-0.25, -0.2) is 4.98 Å². The third-order valence-electron chi connectivity index (χ3n) is 23.1. The molecule has 15 aromatic carbocycles. The molecule has 5 heteroatoms. The third kappa shape index (κ3) is 9.36. The van der Waals surface area contributed by atoms with Crippen LogP contribution in [0.15, 0.2) is 285 Å². The Morgan fingerprint density at radius 2 is 0.673 bits per heavy atom. The zero-order valence-corrected chi connectivity index (χ0v) is 58.2. The first kappa shape index (κ1) is 60.0. The molecule has 20 aromatic rings. The van der Waals surface area contributed by atoms with Gasteiger partial charge in [-0.1, -0.05) is 243 Å². The van der Waals surface area contributed by atoms with E-state index in [4.69, 9.17) is 24.9 Å². The second-order valence-corrected chi connectivity index (χ2v) is 28.9. The maximum atomic E-state index is 5.24. The SMILES string of the molecule is Cc1c2c(nc3c1ccc1ccccc13)-c1c(ccc3ccccc13)C2.Cc1nc2c(c3ccccc13)Cc1cc3c(ccc4ccccc43)cc1-2.Cc1nc2ccccc2c2c1Cc1cc3ccc4ccccc4c3cc1-2.Cc1nc2ccccc2c2c1Cc1nc3ccc4ccccc4c3cc1-2. The molecule has 0 unspecified atom stereocenters. The number of nitrogens with zero attached hydrogens (tertiary/aromatic N) is 5. The Morgan fingerprint density at radius 1 is 0.221 bits per heavy atom. The molecule has 0 fully saturated rings. The minimum atomic E-state index is 0.872. The Morgan fingerprint density at radius 3 is 1.35 bits per heavy atom. The lowest BCUT2D eigenvalue weighted by atomic mass is 9.95. The number of hydrogen-bond donors (Lipinski definition) is 0. The van der Waals surface area contributed by atoms with E-state index in [2.05, 4.69) is 313 Å². The third-order valence-corrected chi connectivity index (χ3v) is 23.1. The van der Waals surface area contributed by atoms with E-state index in [0.29, 0.717) is 0 Å². The molecule has 0 amide bonds. The highest BCUT2D eigenvalue weighted by molar-refractivity contribution is 6.15. The Balaban J connectivity index is 0.0000000896. The van der Waals surface area contributed by atoms with Crippen molar-refractivity contribution in [3.8, 4) is 44.8 Å². The van der Waals surface area contributed by atoms with Gasteiger partial charge >= 0.3 is 0 Å². The number of aryl methyl sites for hydroxylation is 4. The van der Waals surface area contributed by atoms with Crippen LogP contribution in [0.5, 0.6) is 0 Å². The van der Waals surface area contributed by atoms with Gasteiger partial charge < -0.3 is 0 Å². The monoisotopic (exact) mass is 1330 g/mol. The average molecular weight is 1330 g/mol. The standard InChI is InChI=1S/3C25H17N.C24H16N2/c1-15-19-13-12-17-7-3-5-9-21(17)24(19)26-25-22(15)14-18-11-10-16-6-2-4-8-20(16)23(18)25;1-15-19-7-4-5-9-21(19)24-14-18-13-22-17(12-23(18)25(24)26-15)11-10-16-6-2-3-8-20(16)22;1-15-21-13-18-12-17-11-10-16-6-2-3-7-19(16)22(17)14-23(18)25(21)20-8-4-5-9-24(20)26-15;1-14-18-13-23-20(24(18)17-8-4-5-9-21(17)25-14)12-19-16-7-3-2-6-15(16)10-11-22(19)26-23/h2*2-13H,14H2,1H3;2-12,14H,13H2,1H3;2-12H,13H2,1H3. The fraction of sp³-hybridized carbons (Fsp3) is 0.0808. The summed E-state index contributed by atoms with van der Waals surface area (Å²) in [5.41, 5.74) is 30.3. The number of hydrogen-bond acceptors (Lipinski definition) is 5. The quantitative estimate of drug-likeness (QED) is 0.142. The fourth-order valence-electron chi connectivity index (χ4n) is 18.1. The minimum Gasteiger partial charge on any atom is -0.253 e. The molecule has 4 aliphatic carbocycles. The van der Waals surface area contributed by atoms with Crippen molar-refractivity contribution in [3.05, 3.63) is 352 Å². The summed E-state index contributed by atoms with van der Waals surface area (Å²) in [6.07, 6.45) is 3.81. The lowest BCUT2D eigenvalue weighted by Crippen LogP contribution is -1.94. The van der Waals surface area contributed by atoms with E-state index >= 15 is 0 Å². The smallest absolute Gasteiger partial charge is 0.0790 e. The predicted octanol–water partition coefficient (Wildman–Crippen LogP) is 25.1. The van der Waals surface area contributed by atoms with Gasteiger partial charge in [-0.05, 0) is 207 Å². The second kappa shape index (κ2) is 23.4. The number of benzene rings is 15. The molecule has 24 rings (SSSR count). The molecule has 0 spiro atoms. The van der Waals surface area contributed by atoms with Crippen LogP contribution < -0.4 is 0 Å². The topological polar surface area (TPSA) is 64.5 Å². The largest absolute Gasteiger partial charge is 0.253 e. The highest BCUT2D eigenvalue weighted by Crippen LogP contribution is 2.49. The summed E-state index contributed by atoms with van der Waals surface area (Å²) in [4.78, 5) is 24.9. The molecule has 0 radical (unpaired) electrons. The summed E-state index contributed by atoms with van der Waals surface area (Å²) in [6, 6.07) is 103. The lowest BCUT2D eigenvalue weighted by Gasteiger charge is -2.12. The molecule has 0 atom stereocenters. The van der Waals surface area contributed by atoms with Crippen LogP contribution in [-0.2, 0) is 25.7 Å². The van der Waals surface area contributed by atoms with E-state index in [1.54, 1.807) is 0 Å². The Labute approximate surface area is 601 Å². The van der Waals surface area contributed by atoms with Crippen molar-refractivity contribution in [2.75, 3.05) is 0 Å². The van der Waals surface area contributed by atoms with Gasteiger partial charge in [0.15, 0.2) is 0 Å². The van der Waals surface area contributed by atoms with Crippen molar-refractivity contribution < 1.29 is 0 Å². The van der Waals surface area contributed by atoms with Crippen LogP contribution in [0.3, 0.4) is 0 Å². The van der Waals surface area contributed by atoms with Crippen molar-refractivity contribution in [1.29, 1.82) is 0 Å². The predicted molar refractivity (Wildman–Crippen MR) is 437 cm³/mol. The lowest BCUT2D eigenvalue weighted by molar-refractivity contribution is 1.10. The van der Waals surface area contributed by atoms with Crippen molar-refractivity contribution in [3.63, 3.8) is 0 Å². The van der Waals surface area contributed by atoms with Gasteiger partial charge in [-0.3, -0.25) is 19.9 Å². The van der Waals surface area contributed by atoms with Gasteiger partial charge in [0, 0.05) is 91.8 Å². The molecule has 5 heterocycles. The summed E-state index contributed by atoms with van der Waals surface area (Å²) in [5.74, 6) is 0. The maximum absolute atomic E-state index is 5.24. The number of para-hydroxylation sites is 2. The van der Waals surface area contributed by atoms with E-state index in [0.717, 1.165) is 64.8 Å². The molecule has 0 aliphatic heterocycles. The van der Waals surface area contributed by atoms with Crippen LogP contribution in [0.25, 0.3) is 175 Å². The molecule has 5 nitrogen and oxygen atoms in total. The molecule has 0 bridgehead atoms. The first-order chi connectivity index (χ1) is 51.2. The van der Waals surface area contributed by atoms with Crippen LogP contribution in [0, 0.1) is 27.7 Å². The summed E-state index contributed by atoms with van der Waals surface area (Å²) in [6.45, 7) is 8.64. The van der Waals surface area contributed by atoms with E-state index < -0.39 is 0 Å². The molecule has 0 saturated carbocycles. The summed E-state index contributed by atoms with van der Waals surface area (Å²) in [7, 11) is 0. The molecule has 5 aromatic heterocycles. The van der Waals surface area contributed by atoms with Gasteiger partial charge in [0.2, 0.25) is 0 Å². The summed E-state index contributed by atoms with van der Waals surface area (Å²) >= 11 is 0. The van der Waals surface area contributed by atoms with Crippen molar-refractivity contribution in [1.82, 2.24) is 24.9 Å². The number of rotatable bonds is 0. The number of aromatic nitrogens is 5. The van der Waals surface area contributed by atoms with Gasteiger partial charge in [-0.15, -0.1) is 0 Å². The number of fused-ring (bicyclic) bond motifs is 32. The van der Waals surface area contributed by atoms with E-state index in [9.17, 15) is 0 Å². The van der Waals surface area contributed by atoms with Crippen LogP contribution >= 0.6 is 0 Å². The fourth-order valence-corrected chi connectivity index (χ4v) is 18.1. The van der Waals surface area contributed by atoms with E-state index in [-0.39, 0.29) is 0 Å².